The fraction of sp³-hybridized carbons (Fsp3) is 0.500. The van der Waals surface area contributed by atoms with Crippen LogP contribution in [0.4, 0.5) is 0 Å². The molecule has 7 N–H and O–H groups in total. The summed E-state index contributed by atoms with van der Waals surface area (Å²) in [5.74, 6) is -5.64. The molecule has 0 spiro atoms. The van der Waals surface area contributed by atoms with Gasteiger partial charge in [-0.25, -0.2) is 9.36 Å². The first-order valence-electron chi connectivity index (χ1n) is 4.62. The van der Waals surface area contributed by atoms with Crippen molar-refractivity contribution in [2.75, 3.05) is 0 Å². The maximum Gasteiger partial charge on any atom is 0.470 e. The van der Waals surface area contributed by atoms with Crippen LogP contribution in [-0.2, 0) is 43.7 Å². The number of phosphoric ester groups is 1. The molecule has 0 aromatic rings. The highest BCUT2D eigenvalue weighted by Crippen LogP contribution is 2.44. The SMILES string of the molecule is O=C(O)CC(CC(=O)O)(OP(=O)(O)O)C(=O)O.O=S(O)(O)=S. The molecule has 0 aromatic heterocycles. The van der Waals surface area contributed by atoms with Gasteiger partial charge in [-0.05, 0) is 0 Å². The molecule has 13 nitrogen and oxygen atoms in total. The number of carboxylic acids is 3. The topological polar surface area (TPSA) is 236 Å². The lowest BCUT2D eigenvalue weighted by molar-refractivity contribution is -0.168. The van der Waals surface area contributed by atoms with Crippen LogP contribution in [0.2, 0.25) is 0 Å². The van der Waals surface area contributed by atoms with Crippen molar-refractivity contribution in [2.24, 2.45) is 0 Å². The Balaban J connectivity index is 0. The van der Waals surface area contributed by atoms with Crippen LogP contribution in [0.1, 0.15) is 12.8 Å². The van der Waals surface area contributed by atoms with Crippen molar-refractivity contribution >= 4 is 46.0 Å². The summed E-state index contributed by atoms with van der Waals surface area (Å²) in [6.45, 7) is 0. The Bertz CT molecular complexity index is 549. The first-order chi connectivity index (χ1) is 9.48. The molecule has 16 heteroatoms. The van der Waals surface area contributed by atoms with Crippen molar-refractivity contribution in [3.63, 3.8) is 0 Å². The highest BCUT2D eigenvalue weighted by atomic mass is 32.9. The molecule has 0 saturated carbocycles. The molecule has 0 unspecified atom stereocenters. The van der Waals surface area contributed by atoms with Gasteiger partial charge in [0.2, 0.25) is 0 Å². The van der Waals surface area contributed by atoms with Crippen LogP contribution in [-0.4, -0.2) is 61.9 Å². The monoisotopic (exact) mass is 386 g/mol. The Kier molecular flexibility index (Phi) is 8.86. The summed E-state index contributed by atoms with van der Waals surface area (Å²) in [7, 11) is -9.19. The molecule has 0 bridgehead atoms. The molecule has 0 fully saturated rings. The molecule has 0 aromatic carbocycles. The first-order valence-corrected chi connectivity index (χ1v) is 8.54. The highest BCUT2D eigenvalue weighted by Gasteiger charge is 2.49. The molecule has 0 rings (SSSR count). The third-order valence-electron chi connectivity index (χ3n) is 1.56. The lowest BCUT2D eigenvalue weighted by atomic mass is 9.96. The van der Waals surface area contributed by atoms with Gasteiger partial charge in [0.1, 0.15) is 0 Å². The summed E-state index contributed by atoms with van der Waals surface area (Å²) < 4.78 is 38.3. The zero-order valence-corrected chi connectivity index (χ0v) is 12.8. The number of carbonyl (C=O) groups is 3. The van der Waals surface area contributed by atoms with Gasteiger partial charge in [-0.1, -0.05) is 0 Å². The second-order valence-corrected chi connectivity index (χ2v) is 6.83. The highest BCUT2D eigenvalue weighted by molar-refractivity contribution is 8.26. The van der Waals surface area contributed by atoms with Crippen molar-refractivity contribution in [3.8, 4) is 0 Å². The molecule has 22 heavy (non-hydrogen) atoms. The Morgan fingerprint density at radius 3 is 1.45 bits per heavy atom. The molecule has 0 aliphatic carbocycles. The molecule has 0 atom stereocenters. The van der Waals surface area contributed by atoms with Crippen LogP contribution in [0.25, 0.3) is 0 Å². The van der Waals surface area contributed by atoms with E-state index < -0.39 is 53.2 Å². The van der Waals surface area contributed by atoms with E-state index in [-0.39, 0.29) is 0 Å². The second-order valence-electron chi connectivity index (χ2n) is 3.47. The van der Waals surface area contributed by atoms with Gasteiger partial charge in [0.25, 0.3) is 9.05 Å². The normalized spacial score (nSPS) is 12.0. The Morgan fingerprint density at radius 2 is 1.32 bits per heavy atom. The van der Waals surface area contributed by atoms with E-state index in [0.717, 1.165) is 0 Å². The van der Waals surface area contributed by atoms with Gasteiger partial charge < -0.3 is 25.1 Å². The van der Waals surface area contributed by atoms with Crippen molar-refractivity contribution < 1.29 is 61.9 Å². The average molecular weight is 386 g/mol. The molecule has 0 radical (unpaired) electrons. The van der Waals surface area contributed by atoms with E-state index in [0.29, 0.717) is 0 Å². The van der Waals surface area contributed by atoms with Gasteiger partial charge in [0, 0.05) is 11.2 Å². The van der Waals surface area contributed by atoms with E-state index >= 15 is 0 Å². The molecule has 0 saturated heterocycles. The van der Waals surface area contributed by atoms with E-state index in [9.17, 15) is 18.9 Å². The van der Waals surface area contributed by atoms with Crippen LogP contribution < -0.4 is 0 Å². The molecule has 130 valence electrons. The number of phosphoric acid groups is 1. The minimum Gasteiger partial charge on any atom is -0.481 e. The summed E-state index contributed by atoms with van der Waals surface area (Å²) in [6, 6.07) is 0. The van der Waals surface area contributed by atoms with E-state index in [1.807, 2.05) is 0 Å². The van der Waals surface area contributed by atoms with Crippen LogP contribution in [0.5, 0.6) is 0 Å². The largest absolute Gasteiger partial charge is 0.481 e. The third kappa shape index (κ3) is 13.8. The third-order valence-corrected chi connectivity index (χ3v) is 2.14. The Morgan fingerprint density at radius 1 is 1.05 bits per heavy atom. The Labute approximate surface area is 127 Å². The zero-order chi connectivity index (χ0) is 18.4. The molecule has 0 aliphatic rings. The minimum atomic E-state index is -5.36. The van der Waals surface area contributed by atoms with Crippen molar-refractivity contribution in [1.82, 2.24) is 0 Å². The number of carboxylic acid groups (broad SMARTS) is 3. The fourth-order valence-corrected chi connectivity index (χ4v) is 1.70. The van der Waals surface area contributed by atoms with E-state index in [1.54, 1.807) is 0 Å². The second kappa shape index (κ2) is 8.44. The lowest BCUT2D eigenvalue weighted by Crippen LogP contribution is -2.44. The average Bonchev–Trinajstić information content (AvgIpc) is 2.07. The predicted molar refractivity (Wildman–Crippen MR) is 68.8 cm³/mol. The number of aliphatic carboxylic acids is 3. The standard InChI is InChI=1S/C6H9O10P.H2O3S2/c7-3(8)1-6(5(11)12,2-4(9)10)16-17(13,14)15;1-5(2,3)4/h1-2H2,(H,7,8)(H,9,10)(H,11,12)(H2,13,14,15);(H2,1,2,3,4). The zero-order valence-electron chi connectivity index (χ0n) is 10.3. The van der Waals surface area contributed by atoms with Gasteiger partial charge in [0.05, 0.1) is 12.8 Å². The quantitative estimate of drug-likeness (QED) is 0.248. The summed E-state index contributed by atoms with van der Waals surface area (Å²) in [6.07, 6.45) is -2.81. The van der Waals surface area contributed by atoms with Gasteiger partial charge in [0.15, 0.2) is 5.60 Å². The van der Waals surface area contributed by atoms with E-state index in [4.69, 9.17) is 38.4 Å². The van der Waals surface area contributed by atoms with Gasteiger partial charge in [-0.15, -0.1) is 0 Å². The maximum absolute atomic E-state index is 10.8. The van der Waals surface area contributed by atoms with Gasteiger partial charge >= 0.3 is 25.7 Å². The molecule has 0 aliphatic heterocycles. The minimum absolute atomic E-state index is 1.40. The summed E-state index contributed by atoms with van der Waals surface area (Å²) >= 11 is 3.47. The first kappa shape index (κ1) is 23.1. The number of hydrogen-bond acceptors (Lipinski definition) is 7. The van der Waals surface area contributed by atoms with Crippen molar-refractivity contribution in [2.45, 2.75) is 18.4 Å². The maximum atomic E-state index is 10.8. The smallest absolute Gasteiger partial charge is 0.470 e. The predicted octanol–water partition coefficient (Wildman–Crippen LogP) is -1.45. The number of hydrogen-bond donors (Lipinski definition) is 7. The summed E-state index contributed by atoms with van der Waals surface area (Å²) in [4.78, 5) is 48.5. The number of rotatable bonds is 7. The van der Waals surface area contributed by atoms with E-state index in [2.05, 4.69) is 15.7 Å². The van der Waals surface area contributed by atoms with Gasteiger partial charge in [-0.3, -0.25) is 23.2 Å². The summed E-state index contributed by atoms with van der Waals surface area (Å²) in [5.41, 5.74) is -3.02. The van der Waals surface area contributed by atoms with Crippen molar-refractivity contribution in [3.05, 3.63) is 0 Å². The van der Waals surface area contributed by atoms with Crippen LogP contribution >= 0.6 is 7.82 Å². The Hall–Kier alpha value is -1.19. The van der Waals surface area contributed by atoms with Crippen LogP contribution in [0.3, 0.4) is 0 Å². The molecule has 0 amide bonds. The molecular weight excluding hydrogens is 375 g/mol. The fourth-order valence-electron chi connectivity index (χ4n) is 1.03. The van der Waals surface area contributed by atoms with Crippen molar-refractivity contribution in [1.29, 1.82) is 0 Å². The van der Waals surface area contributed by atoms with Crippen LogP contribution in [0.15, 0.2) is 0 Å². The van der Waals surface area contributed by atoms with Gasteiger partial charge in [-0.2, -0.15) is 4.21 Å². The lowest BCUT2D eigenvalue weighted by Gasteiger charge is -2.26. The summed E-state index contributed by atoms with van der Waals surface area (Å²) in [5, 5.41) is 25.5. The van der Waals surface area contributed by atoms with Crippen LogP contribution in [0, 0.1) is 0 Å². The van der Waals surface area contributed by atoms with E-state index in [1.165, 1.54) is 0 Å². The molecular formula is C6H11O13PS2. The molecule has 0 heterocycles.